The second kappa shape index (κ2) is 8.62. The average molecular weight is 498 g/mol. The van der Waals surface area contributed by atoms with E-state index in [0.717, 1.165) is 29.8 Å². The molecule has 0 spiro atoms. The number of ether oxygens (including phenoxy) is 1. The van der Waals surface area contributed by atoms with Gasteiger partial charge in [0.05, 0.1) is 24.8 Å². The van der Waals surface area contributed by atoms with Crippen LogP contribution >= 0.6 is 39.9 Å². The van der Waals surface area contributed by atoms with E-state index in [2.05, 4.69) is 31.6 Å². The lowest BCUT2D eigenvalue weighted by atomic mass is 9.96. The van der Waals surface area contributed by atoms with Gasteiger partial charge in [-0.1, -0.05) is 22.0 Å². The van der Waals surface area contributed by atoms with Crippen molar-refractivity contribution in [3.63, 3.8) is 0 Å². The van der Waals surface area contributed by atoms with E-state index in [4.69, 9.17) is 4.74 Å². The van der Waals surface area contributed by atoms with Crippen LogP contribution in [0.2, 0.25) is 0 Å². The maximum Gasteiger partial charge on any atom is 0.191 e. The smallest absolute Gasteiger partial charge is 0.191 e. The second-order valence-electron chi connectivity index (χ2n) is 5.79. The third-order valence-electron chi connectivity index (χ3n) is 4.19. The molecule has 2 fully saturated rings. The van der Waals surface area contributed by atoms with Gasteiger partial charge in [-0.05, 0) is 38.3 Å². The summed E-state index contributed by atoms with van der Waals surface area (Å²) in [6, 6.07) is 5.37. The van der Waals surface area contributed by atoms with Gasteiger partial charge in [-0.15, -0.1) is 24.0 Å². The molecular formula is C16H22BrFIN3O. The maximum absolute atomic E-state index is 13.9. The van der Waals surface area contributed by atoms with E-state index in [9.17, 15) is 4.39 Å². The van der Waals surface area contributed by atoms with Gasteiger partial charge in [0.25, 0.3) is 0 Å². The Balaban J connectivity index is 0.00000192. The van der Waals surface area contributed by atoms with Gasteiger partial charge in [-0.25, -0.2) is 9.38 Å². The zero-order valence-electron chi connectivity index (χ0n) is 13.0. The molecule has 0 amide bonds. The summed E-state index contributed by atoms with van der Waals surface area (Å²) < 4.78 is 20.4. The lowest BCUT2D eigenvalue weighted by Crippen LogP contribution is -2.47. The van der Waals surface area contributed by atoms with Crippen molar-refractivity contribution >= 4 is 45.9 Å². The van der Waals surface area contributed by atoms with Crippen LogP contribution < -0.4 is 10.6 Å². The SMILES string of the molecule is CCNC(=NCc1ccc(Br)cc1F)NC1CC2CCC1O2.I. The fourth-order valence-corrected chi connectivity index (χ4v) is 3.43. The van der Waals surface area contributed by atoms with Crippen LogP contribution in [-0.4, -0.2) is 30.8 Å². The van der Waals surface area contributed by atoms with E-state index in [1.165, 1.54) is 12.5 Å². The van der Waals surface area contributed by atoms with E-state index in [1.54, 1.807) is 6.07 Å². The van der Waals surface area contributed by atoms with Crippen LogP contribution in [0.5, 0.6) is 0 Å². The largest absolute Gasteiger partial charge is 0.373 e. The molecule has 3 atom stereocenters. The van der Waals surface area contributed by atoms with E-state index in [1.807, 2.05) is 13.0 Å². The Kier molecular flexibility index (Phi) is 7.09. The molecule has 23 heavy (non-hydrogen) atoms. The Bertz CT molecular complexity index is 572. The van der Waals surface area contributed by atoms with Crippen LogP contribution in [0.1, 0.15) is 31.7 Å². The predicted molar refractivity (Wildman–Crippen MR) is 104 cm³/mol. The van der Waals surface area contributed by atoms with Crippen molar-refractivity contribution in [2.24, 2.45) is 4.99 Å². The van der Waals surface area contributed by atoms with Crippen LogP contribution in [0.25, 0.3) is 0 Å². The molecule has 3 unspecified atom stereocenters. The number of nitrogens with zero attached hydrogens (tertiary/aromatic N) is 1. The Morgan fingerprint density at radius 3 is 2.87 bits per heavy atom. The normalized spacial score (nSPS) is 26.0. The molecule has 0 aromatic heterocycles. The van der Waals surface area contributed by atoms with Crippen molar-refractivity contribution < 1.29 is 9.13 Å². The lowest BCUT2D eigenvalue weighted by Gasteiger charge is -2.22. The van der Waals surface area contributed by atoms with Gasteiger partial charge in [0, 0.05) is 16.6 Å². The van der Waals surface area contributed by atoms with E-state index >= 15 is 0 Å². The molecule has 128 valence electrons. The first kappa shape index (κ1) is 18.9. The molecule has 2 saturated heterocycles. The van der Waals surface area contributed by atoms with Gasteiger partial charge in [0.15, 0.2) is 5.96 Å². The number of halogens is 3. The van der Waals surface area contributed by atoms with Gasteiger partial charge in [-0.3, -0.25) is 0 Å². The Morgan fingerprint density at radius 2 is 2.26 bits per heavy atom. The topological polar surface area (TPSA) is 45.7 Å². The van der Waals surface area contributed by atoms with Crippen molar-refractivity contribution in [2.75, 3.05) is 6.54 Å². The molecule has 2 N–H and O–H groups in total. The van der Waals surface area contributed by atoms with Crippen LogP contribution in [0.15, 0.2) is 27.7 Å². The highest BCUT2D eigenvalue weighted by Gasteiger charge is 2.41. The van der Waals surface area contributed by atoms with E-state index in [0.29, 0.717) is 30.4 Å². The van der Waals surface area contributed by atoms with Crippen molar-refractivity contribution in [2.45, 2.75) is 51.0 Å². The number of benzene rings is 1. The Labute approximate surface area is 161 Å². The van der Waals surface area contributed by atoms with E-state index in [-0.39, 0.29) is 29.8 Å². The zero-order valence-corrected chi connectivity index (χ0v) is 16.9. The average Bonchev–Trinajstić information content (AvgIpc) is 3.09. The summed E-state index contributed by atoms with van der Waals surface area (Å²) in [5.41, 5.74) is 0.588. The molecule has 0 radical (unpaired) electrons. The Morgan fingerprint density at radius 1 is 1.43 bits per heavy atom. The van der Waals surface area contributed by atoms with Crippen LogP contribution in [0.4, 0.5) is 4.39 Å². The minimum atomic E-state index is -0.239. The lowest BCUT2D eigenvalue weighted by molar-refractivity contribution is 0.0992. The van der Waals surface area contributed by atoms with Gasteiger partial charge >= 0.3 is 0 Å². The van der Waals surface area contributed by atoms with Crippen LogP contribution in [0, 0.1) is 5.82 Å². The Hall–Kier alpha value is -0.410. The monoisotopic (exact) mass is 497 g/mol. The first-order valence-electron chi connectivity index (χ1n) is 7.80. The summed E-state index contributed by atoms with van der Waals surface area (Å²) in [6.45, 7) is 3.11. The molecule has 2 bridgehead atoms. The minimum Gasteiger partial charge on any atom is -0.373 e. The number of hydrogen-bond acceptors (Lipinski definition) is 2. The third-order valence-corrected chi connectivity index (χ3v) is 4.69. The second-order valence-corrected chi connectivity index (χ2v) is 6.71. The molecule has 0 saturated carbocycles. The fourth-order valence-electron chi connectivity index (χ4n) is 3.10. The summed E-state index contributed by atoms with van der Waals surface area (Å²) in [5.74, 6) is 0.489. The summed E-state index contributed by atoms with van der Waals surface area (Å²) in [7, 11) is 0. The number of hydrogen-bond donors (Lipinski definition) is 2. The van der Waals surface area contributed by atoms with Crippen LogP contribution in [0.3, 0.4) is 0 Å². The zero-order chi connectivity index (χ0) is 15.5. The van der Waals surface area contributed by atoms with Gasteiger partial charge in [0.2, 0.25) is 0 Å². The number of nitrogens with one attached hydrogen (secondary N) is 2. The molecule has 4 nitrogen and oxygen atoms in total. The van der Waals surface area contributed by atoms with Crippen molar-refractivity contribution in [1.82, 2.24) is 10.6 Å². The molecule has 3 rings (SSSR count). The molecule has 2 aliphatic heterocycles. The van der Waals surface area contributed by atoms with Gasteiger partial charge in [0.1, 0.15) is 5.82 Å². The van der Waals surface area contributed by atoms with E-state index < -0.39 is 0 Å². The summed E-state index contributed by atoms with van der Waals surface area (Å²) in [5, 5.41) is 6.65. The predicted octanol–water partition coefficient (Wildman–Crippen LogP) is 3.58. The molecule has 0 aliphatic carbocycles. The maximum atomic E-state index is 13.9. The molecular weight excluding hydrogens is 476 g/mol. The summed E-state index contributed by atoms with van der Waals surface area (Å²) in [6.07, 6.45) is 4.00. The van der Waals surface area contributed by atoms with Crippen molar-refractivity contribution in [1.29, 1.82) is 0 Å². The third kappa shape index (κ3) is 4.79. The fraction of sp³-hybridized carbons (Fsp3) is 0.562. The number of fused-ring (bicyclic) bond motifs is 2. The summed E-state index contributed by atoms with van der Waals surface area (Å²) in [4.78, 5) is 4.50. The summed E-state index contributed by atoms with van der Waals surface area (Å²) >= 11 is 3.26. The molecule has 2 aliphatic rings. The van der Waals surface area contributed by atoms with Crippen LogP contribution in [-0.2, 0) is 11.3 Å². The molecule has 7 heteroatoms. The molecule has 2 heterocycles. The minimum absolute atomic E-state index is 0. The van der Waals surface area contributed by atoms with Crippen molar-refractivity contribution in [3.8, 4) is 0 Å². The van der Waals surface area contributed by atoms with Crippen molar-refractivity contribution in [3.05, 3.63) is 34.1 Å². The quantitative estimate of drug-likeness (QED) is 0.379. The first-order chi connectivity index (χ1) is 10.7. The number of rotatable bonds is 4. The highest BCUT2D eigenvalue weighted by atomic mass is 127. The number of guanidine groups is 1. The standard InChI is InChI=1S/C16H21BrFN3O.HI/c1-2-19-16(21-14-8-12-5-6-15(14)22-12)20-9-10-3-4-11(17)7-13(10)18;/h3-4,7,12,14-15H,2,5-6,8-9H2,1H3,(H2,19,20,21);1H. The van der Waals surface area contributed by atoms with Gasteiger partial charge in [-0.2, -0.15) is 0 Å². The molecule has 1 aromatic rings. The molecule has 1 aromatic carbocycles. The number of aliphatic imine (C=N–C) groups is 1. The highest BCUT2D eigenvalue weighted by Crippen LogP contribution is 2.34. The first-order valence-corrected chi connectivity index (χ1v) is 8.59. The van der Waals surface area contributed by atoms with Gasteiger partial charge < -0.3 is 15.4 Å². The highest BCUT2D eigenvalue weighted by molar-refractivity contribution is 14.0.